The summed E-state index contributed by atoms with van der Waals surface area (Å²) in [6.45, 7) is 5.17. The van der Waals surface area contributed by atoms with Gasteiger partial charge in [-0.25, -0.2) is 0 Å². The molecule has 0 fully saturated rings. The van der Waals surface area contributed by atoms with Crippen molar-refractivity contribution < 1.29 is 9.84 Å². The second-order valence-corrected chi connectivity index (χ2v) is 5.44. The van der Waals surface area contributed by atoms with Crippen LogP contribution in [-0.2, 0) is 5.41 Å². The number of hydrogen-bond donors (Lipinski definition) is 1. The molecular weight excluding hydrogens is 248 g/mol. The number of aliphatic hydroxyl groups is 1. The summed E-state index contributed by atoms with van der Waals surface area (Å²) in [5.41, 5.74) is 2.54. The van der Waals surface area contributed by atoms with E-state index in [9.17, 15) is 0 Å². The predicted octanol–water partition coefficient (Wildman–Crippen LogP) is 3.77. The summed E-state index contributed by atoms with van der Waals surface area (Å²) in [4.78, 5) is 0. The number of benzene rings is 2. The van der Waals surface area contributed by atoms with Crippen molar-refractivity contribution in [1.82, 2.24) is 0 Å². The van der Waals surface area contributed by atoms with Crippen LogP contribution < -0.4 is 4.74 Å². The Labute approximate surface area is 121 Å². The summed E-state index contributed by atoms with van der Waals surface area (Å²) >= 11 is 0. The van der Waals surface area contributed by atoms with E-state index in [1.165, 1.54) is 11.1 Å². The third kappa shape index (κ3) is 3.40. The molecule has 0 spiro atoms. The first-order valence-electron chi connectivity index (χ1n) is 7.04. The van der Waals surface area contributed by atoms with Gasteiger partial charge < -0.3 is 9.84 Å². The molecule has 2 aromatic rings. The lowest BCUT2D eigenvalue weighted by Crippen LogP contribution is -2.18. The van der Waals surface area contributed by atoms with Crippen LogP contribution in [0.25, 0.3) is 0 Å². The van der Waals surface area contributed by atoms with Gasteiger partial charge in [-0.1, -0.05) is 56.3 Å². The minimum atomic E-state index is -0.0229. The van der Waals surface area contributed by atoms with Crippen LogP contribution in [0.15, 0.2) is 54.6 Å². The summed E-state index contributed by atoms with van der Waals surface area (Å²) in [6.07, 6.45) is 0.664. The van der Waals surface area contributed by atoms with E-state index in [0.717, 1.165) is 5.75 Å². The minimum absolute atomic E-state index is 0.0229. The lowest BCUT2D eigenvalue weighted by molar-refractivity contribution is 0.233. The van der Waals surface area contributed by atoms with Gasteiger partial charge in [0.2, 0.25) is 0 Å². The van der Waals surface area contributed by atoms with Gasteiger partial charge in [-0.2, -0.15) is 0 Å². The van der Waals surface area contributed by atoms with Crippen molar-refractivity contribution in [2.75, 3.05) is 13.2 Å². The molecule has 2 rings (SSSR count). The Morgan fingerprint density at radius 3 is 2.10 bits per heavy atom. The molecule has 0 unspecified atom stereocenters. The third-order valence-electron chi connectivity index (χ3n) is 3.64. The molecule has 0 amide bonds. The number of ether oxygens (including phenoxy) is 1. The highest BCUT2D eigenvalue weighted by Gasteiger charge is 2.22. The van der Waals surface area contributed by atoms with Crippen LogP contribution in [0, 0.1) is 0 Å². The van der Waals surface area contributed by atoms with Gasteiger partial charge in [0.25, 0.3) is 0 Å². The van der Waals surface area contributed by atoms with E-state index in [0.29, 0.717) is 13.0 Å². The molecule has 0 aliphatic heterocycles. The molecule has 1 N–H and O–H groups in total. The van der Waals surface area contributed by atoms with E-state index in [1.54, 1.807) is 0 Å². The van der Waals surface area contributed by atoms with Crippen molar-refractivity contribution in [3.63, 3.8) is 0 Å². The van der Waals surface area contributed by atoms with Crippen LogP contribution in [0.4, 0.5) is 0 Å². The Balaban J connectivity index is 2.13. The molecule has 2 heteroatoms. The third-order valence-corrected chi connectivity index (χ3v) is 3.64. The van der Waals surface area contributed by atoms with Crippen LogP contribution in [0.2, 0.25) is 0 Å². The summed E-state index contributed by atoms with van der Waals surface area (Å²) in [6, 6.07) is 18.7. The lowest BCUT2D eigenvalue weighted by atomic mass is 9.78. The van der Waals surface area contributed by atoms with Crippen molar-refractivity contribution in [1.29, 1.82) is 0 Å². The zero-order chi connectivity index (χ0) is 14.4. The van der Waals surface area contributed by atoms with Crippen LogP contribution >= 0.6 is 0 Å². The summed E-state index contributed by atoms with van der Waals surface area (Å²) in [5, 5.41) is 8.74. The number of hydrogen-bond acceptors (Lipinski definition) is 2. The maximum atomic E-state index is 8.74. The van der Waals surface area contributed by atoms with E-state index in [4.69, 9.17) is 9.84 Å². The highest BCUT2D eigenvalue weighted by Crippen LogP contribution is 2.32. The largest absolute Gasteiger partial charge is 0.494 e. The van der Waals surface area contributed by atoms with Gasteiger partial charge in [-0.15, -0.1) is 0 Å². The van der Waals surface area contributed by atoms with Gasteiger partial charge in [0, 0.05) is 18.4 Å². The first-order chi connectivity index (χ1) is 9.64. The molecule has 0 aliphatic carbocycles. The molecule has 0 atom stereocenters. The molecule has 20 heavy (non-hydrogen) atoms. The van der Waals surface area contributed by atoms with E-state index >= 15 is 0 Å². The normalized spacial score (nSPS) is 11.3. The molecule has 0 heterocycles. The van der Waals surface area contributed by atoms with Gasteiger partial charge in [0.1, 0.15) is 5.75 Å². The van der Waals surface area contributed by atoms with Crippen molar-refractivity contribution in [3.05, 3.63) is 65.7 Å². The highest BCUT2D eigenvalue weighted by molar-refractivity contribution is 5.39. The topological polar surface area (TPSA) is 29.5 Å². The molecular formula is C18H22O2. The Kier molecular flexibility index (Phi) is 4.80. The average molecular weight is 270 g/mol. The number of rotatable bonds is 6. The van der Waals surface area contributed by atoms with E-state index in [-0.39, 0.29) is 12.0 Å². The van der Waals surface area contributed by atoms with Gasteiger partial charge in [-0.3, -0.25) is 0 Å². The van der Waals surface area contributed by atoms with Crippen molar-refractivity contribution in [3.8, 4) is 5.75 Å². The molecule has 0 aromatic heterocycles. The fourth-order valence-electron chi connectivity index (χ4n) is 2.24. The second kappa shape index (κ2) is 6.58. The van der Waals surface area contributed by atoms with Crippen LogP contribution in [0.5, 0.6) is 5.75 Å². The maximum absolute atomic E-state index is 8.74. The molecule has 0 radical (unpaired) electrons. The summed E-state index contributed by atoms with van der Waals surface area (Å²) < 4.78 is 5.56. The summed E-state index contributed by atoms with van der Waals surface area (Å²) in [7, 11) is 0. The molecule has 2 aromatic carbocycles. The smallest absolute Gasteiger partial charge is 0.119 e. The van der Waals surface area contributed by atoms with E-state index < -0.39 is 0 Å². The molecule has 2 nitrogen and oxygen atoms in total. The van der Waals surface area contributed by atoms with Gasteiger partial charge in [0.15, 0.2) is 0 Å². The lowest BCUT2D eigenvalue weighted by Gasteiger charge is -2.26. The Morgan fingerprint density at radius 1 is 0.900 bits per heavy atom. The predicted molar refractivity (Wildman–Crippen MR) is 82.2 cm³/mol. The second-order valence-electron chi connectivity index (χ2n) is 5.44. The van der Waals surface area contributed by atoms with Crippen molar-refractivity contribution in [2.45, 2.75) is 25.7 Å². The Bertz CT molecular complexity index is 515. The highest BCUT2D eigenvalue weighted by atomic mass is 16.5. The standard InChI is InChI=1S/C18H22O2/c1-18(2,15-7-4-3-5-8-15)16-9-11-17(12-10-16)20-14-6-13-19/h3-5,7-12,19H,6,13-14H2,1-2H3. The van der Waals surface area contributed by atoms with Gasteiger partial charge >= 0.3 is 0 Å². The van der Waals surface area contributed by atoms with E-state index in [2.05, 4.69) is 50.2 Å². The Morgan fingerprint density at radius 2 is 1.50 bits per heavy atom. The zero-order valence-electron chi connectivity index (χ0n) is 12.2. The van der Waals surface area contributed by atoms with Crippen LogP contribution in [0.3, 0.4) is 0 Å². The first-order valence-corrected chi connectivity index (χ1v) is 7.04. The average Bonchev–Trinajstić information content (AvgIpc) is 2.49. The fourth-order valence-corrected chi connectivity index (χ4v) is 2.24. The van der Waals surface area contributed by atoms with Crippen molar-refractivity contribution in [2.24, 2.45) is 0 Å². The maximum Gasteiger partial charge on any atom is 0.119 e. The SMILES string of the molecule is CC(C)(c1ccccc1)c1ccc(OCCCO)cc1. The van der Waals surface area contributed by atoms with Gasteiger partial charge in [-0.05, 0) is 23.3 Å². The zero-order valence-corrected chi connectivity index (χ0v) is 12.2. The molecule has 0 saturated carbocycles. The van der Waals surface area contributed by atoms with Crippen LogP contribution in [-0.4, -0.2) is 18.3 Å². The monoisotopic (exact) mass is 270 g/mol. The minimum Gasteiger partial charge on any atom is -0.494 e. The first kappa shape index (κ1) is 14.6. The fraction of sp³-hybridized carbons (Fsp3) is 0.333. The van der Waals surface area contributed by atoms with E-state index in [1.807, 2.05) is 18.2 Å². The Hall–Kier alpha value is -1.80. The van der Waals surface area contributed by atoms with Crippen molar-refractivity contribution >= 4 is 0 Å². The number of aliphatic hydroxyl groups excluding tert-OH is 1. The quantitative estimate of drug-likeness (QED) is 0.810. The summed E-state index contributed by atoms with van der Waals surface area (Å²) in [5.74, 6) is 0.853. The molecule has 106 valence electrons. The van der Waals surface area contributed by atoms with Crippen LogP contribution in [0.1, 0.15) is 31.4 Å². The van der Waals surface area contributed by atoms with Gasteiger partial charge in [0.05, 0.1) is 6.61 Å². The molecule has 0 saturated heterocycles. The molecule has 0 bridgehead atoms. The molecule has 0 aliphatic rings.